The van der Waals surface area contributed by atoms with Crippen molar-refractivity contribution in [3.05, 3.63) is 35.9 Å². The fraction of sp³-hybridized carbons (Fsp3) is 0.333. The molecule has 0 saturated carbocycles. The van der Waals surface area contributed by atoms with Gasteiger partial charge in [-0.3, -0.25) is 14.6 Å². The molecule has 0 spiro atoms. The molecule has 1 aromatic carbocycles. The fourth-order valence-electron chi connectivity index (χ4n) is 3.43. The summed E-state index contributed by atoms with van der Waals surface area (Å²) >= 11 is 0. The van der Waals surface area contributed by atoms with Gasteiger partial charge in [-0.25, -0.2) is 0 Å². The number of carbonyl (C=O) groups is 1. The molecule has 0 radical (unpaired) electrons. The van der Waals surface area contributed by atoms with E-state index in [2.05, 4.69) is 22.3 Å². The number of aromatic nitrogens is 1. The molecular formula is C18H16N6O2. The Kier molecular flexibility index (Phi) is 4.04. The monoisotopic (exact) mass is 348 g/mol. The Balaban J connectivity index is 1.57. The average molecular weight is 348 g/mol. The molecule has 0 bridgehead atoms. The number of amides is 1. The lowest BCUT2D eigenvalue weighted by Crippen LogP contribution is -2.64. The number of nitriles is 2. The summed E-state index contributed by atoms with van der Waals surface area (Å²) in [5.41, 5.74) is 1.88. The van der Waals surface area contributed by atoms with Crippen molar-refractivity contribution in [1.29, 1.82) is 10.5 Å². The van der Waals surface area contributed by atoms with Gasteiger partial charge in [0.1, 0.15) is 11.7 Å². The normalized spacial score (nSPS) is 20.4. The summed E-state index contributed by atoms with van der Waals surface area (Å²) in [6.45, 7) is 3.02. The lowest BCUT2D eigenvalue weighted by atomic mass is 10.1. The average Bonchev–Trinajstić information content (AvgIpc) is 3.18. The van der Waals surface area contributed by atoms with Crippen molar-refractivity contribution in [1.82, 2.24) is 15.0 Å². The number of rotatable bonds is 2. The highest BCUT2D eigenvalue weighted by atomic mass is 16.5. The van der Waals surface area contributed by atoms with Gasteiger partial charge in [0, 0.05) is 37.8 Å². The van der Waals surface area contributed by atoms with Crippen LogP contribution in [-0.4, -0.2) is 59.6 Å². The first-order valence-electron chi connectivity index (χ1n) is 8.37. The molecule has 0 N–H and O–H groups in total. The molecule has 1 aromatic heterocycles. The zero-order valence-electron chi connectivity index (χ0n) is 14.0. The number of fused-ring (bicyclic) bond motifs is 1. The quantitative estimate of drug-likeness (QED) is 0.747. The third kappa shape index (κ3) is 2.77. The van der Waals surface area contributed by atoms with Crippen LogP contribution in [0, 0.1) is 22.8 Å². The minimum absolute atomic E-state index is 0.0790. The molecule has 26 heavy (non-hydrogen) atoms. The van der Waals surface area contributed by atoms with Crippen LogP contribution in [0.3, 0.4) is 0 Å². The van der Waals surface area contributed by atoms with Crippen molar-refractivity contribution in [3.8, 4) is 23.5 Å². The number of anilines is 1. The van der Waals surface area contributed by atoms with E-state index < -0.39 is 0 Å². The highest BCUT2D eigenvalue weighted by molar-refractivity contribution is 5.97. The predicted molar refractivity (Wildman–Crippen MR) is 91.6 cm³/mol. The summed E-state index contributed by atoms with van der Waals surface area (Å²) in [7, 11) is 0. The van der Waals surface area contributed by atoms with Gasteiger partial charge in [-0.2, -0.15) is 10.5 Å². The minimum Gasteiger partial charge on any atom is -0.338 e. The second-order valence-corrected chi connectivity index (χ2v) is 6.33. The maximum Gasteiger partial charge on any atom is 0.248 e. The highest BCUT2D eigenvalue weighted by Crippen LogP contribution is 2.28. The predicted octanol–water partition coefficient (Wildman–Crippen LogP) is 1.03. The van der Waals surface area contributed by atoms with E-state index >= 15 is 0 Å². The molecule has 130 valence electrons. The van der Waals surface area contributed by atoms with Crippen molar-refractivity contribution in [2.75, 3.05) is 37.6 Å². The van der Waals surface area contributed by atoms with Crippen LogP contribution >= 0.6 is 0 Å². The van der Waals surface area contributed by atoms with E-state index in [1.54, 1.807) is 34.1 Å². The van der Waals surface area contributed by atoms with Crippen molar-refractivity contribution in [2.45, 2.75) is 6.04 Å². The molecule has 3 heterocycles. The van der Waals surface area contributed by atoms with Gasteiger partial charge < -0.3 is 9.42 Å². The summed E-state index contributed by atoms with van der Waals surface area (Å²) in [6.07, 6.45) is 2.12. The first-order chi connectivity index (χ1) is 12.7. The third-order valence-corrected chi connectivity index (χ3v) is 4.85. The van der Waals surface area contributed by atoms with E-state index in [1.807, 2.05) is 6.07 Å². The van der Waals surface area contributed by atoms with E-state index in [-0.39, 0.29) is 11.9 Å². The molecule has 1 amide bonds. The Morgan fingerprint density at radius 2 is 2.00 bits per heavy atom. The van der Waals surface area contributed by atoms with Crippen LogP contribution in [-0.2, 0) is 4.79 Å². The second kappa shape index (κ2) is 6.51. The van der Waals surface area contributed by atoms with Gasteiger partial charge in [-0.15, -0.1) is 0 Å². The third-order valence-electron chi connectivity index (χ3n) is 4.85. The molecule has 8 nitrogen and oxygen atoms in total. The molecule has 2 aliphatic heterocycles. The van der Waals surface area contributed by atoms with Gasteiger partial charge in [0.05, 0.1) is 18.2 Å². The zero-order valence-corrected chi connectivity index (χ0v) is 14.0. The van der Waals surface area contributed by atoms with E-state index in [0.29, 0.717) is 43.3 Å². The SMILES string of the molecule is N#Cc1cccc(-c2cc(N3CCN4CCN(C#N)CC4C3=O)on2)c1. The molecule has 2 aromatic rings. The summed E-state index contributed by atoms with van der Waals surface area (Å²) in [6, 6.07) is 10.5. The van der Waals surface area contributed by atoms with Crippen LogP contribution in [0.2, 0.25) is 0 Å². The lowest BCUT2D eigenvalue weighted by molar-refractivity contribution is -0.128. The van der Waals surface area contributed by atoms with Crippen molar-refractivity contribution in [2.24, 2.45) is 0 Å². The van der Waals surface area contributed by atoms with Crippen molar-refractivity contribution in [3.63, 3.8) is 0 Å². The Morgan fingerprint density at radius 3 is 2.81 bits per heavy atom. The first kappa shape index (κ1) is 16.1. The smallest absolute Gasteiger partial charge is 0.248 e. The summed E-state index contributed by atoms with van der Waals surface area (Å²) in [4.78, 5) is 18.2. The number of hydrogen-bond donors (Lipinski definition) is 0. The topological polar surface area (TPSA) is 100 Å². The van der Waals surface area contributed by atoms with E-state index in [0.717, 1.165) is 12.1 Å². The maximum absolute atomic E-state index is 12.9. The molecule has 0 aliphatic carbocycles. The standard InChI is InChI=1S/C18H16N6O2/c19-10-13-2-1-3-14(8-13)15-9-17(26-21-15)24-7-6-23-5-4-22(12-20)11-16(23)18(24)25/h1-3,8-9,16H,4-7,11H2. The molecular weight excluding hydrogens is 332 g/mol. The number of hydrogen-bond acceptors (Lipinski definition) is 7. The van der Waals surface area contributed by atoms with E-state index in [4.69, 9.17) is 15.0 Å². The van der Waals surface area contributed by atoms with Gasteiger partial charge in [0.15, 0.2) is 6.19 Å². The molecule has 2 aliphatic rings. The lowest BCUT2D eigenvalue weighted by Gasteiger charge is -2.44. The minimum atomic E-state index is -0.340. The number of piperazine rings is 2. The molecule has 2 saturated heterocycles. The largest absolute Gasteiger partial charge is 0.338 e. The van der Waals surface area contributed by atoms with Crippen LogP contribution in [0.15, 0.2) is 34.9 Å². The zero-order chi connectivity index (χ0) is 18.1. The first-order valence-corrected chi connectivity index (χ1v) is 8.37. The van der Waals surface area contributed by atoms with Gasteiger partial charge in [0.25, 0.3) is 0 Å². The Labute approximate surface area is 150 Å². The van der Waals surface area contributed by atoms with E-state index in [9.17, 15) is 4.79 Å². The number of carbonyl (C=O) groups excluding carboxylic acids is 1. The second-order valence-electron chi connectivity index (χ2n) is 6.33. The van der Waals surface area contributed by atoms with Gasteiger partial charge in [-0.1, -0.05) is 17.3 Å². The highest BCUT2D eigenvalue weighted by Gasteiger charge is 2.40. The van der Waals surface area contributed by atoms with Crippen LogP contribution in [0.25, 0.3) is 11.3 Å². The van der Waals surface area contributed by atoms with Gasteiger partial charge in [0.2, 0.25) is 11.8 Å². The van der Waals surface area contributed by atoms with Crippen LogP contribution in [0.4, 0.5) is 5.88 Å². The van der Waals surface area contributed by atoms with Crippen LogP contribution in [0.5, 0.6) is 0 Å². The van der Waals surface area contributed by atoms with Crippen LogP contribution in [0.1, 0.15) is 5.56 Å². The summed E-state index contributed by atoms with van der Waals surface area (Å²) < 4.78 is 5.41. The van der Waals surface area contributed by atoms with Crippen molar-refractivity contribution >= 4 is 11.8 Å². The molecule has 2 fully saturated rings. The molecule has 8 heteroatoms. The summed E-state index contributed by atoms with van der Waals surface area (Å²) in [5.74, 6) is 0.311. The Bertz CT molecular complexity index is 924. The van der Waals surface area contributed by atoms with Crippen LogP contribution < -0.4 is 4.90 Å². The number of benzene rings is 1. The van der Waals surface area contributed by atoms with Gasteiger partial charge >= 0.3 is 0 Å². The Hall–Kier alpha value is -3.36. The molecule has 4 rings (SSSR count). The molecule has 1 unspecified atom stereocenters. The van der Waals surface area contributed by atoms with Gasteiger partial charge in [-0.05, 0) is 12.1 Å². The molecule has 1 atom stereocenters. The maximum atomic E-state index is 12.9. The summed E-state index contributed by atoms with van der Waals surface area (Å²) in [5, 5.41) is 22.2. The number of nitrogens with zero attached hydrogens (tertiary/aromatic N) is 6. The van der Waals surface area contributed by atoms with Crippen molar-refractivity contribution < 1.29 is 9.32 Å². The Morgan fingerprint density at radius 1 is 1.15 bits per heavy atom. The fourth-order valence-corrected chi connectivity index (χ4v) is 3.43. The van der Waals surface area contributed by atoms with E-state index in [1.165, 1.54) is 0 Å².